The lowest BCUT2D eigenvalue weighted by Crippen LogP contribution is -2.48. The first-order valence-corrected chi connectivity index (χ1v) is 10.4. The van der Waals surface area contributed by atoms with Crippen LogP contribution in [0.4, 0.5) is 4.39 Å². The van der Waals surface area contributed by atoms with Crippen molar-refractivity contribution in [1.82, 2.24) is 14.8 Å². The van der Waals surface area contributed by atoms with Gasteiger partial charge in [-0.25, -0.2) is 4.39 Å². The molecule has 1 aliphatic heterocycles. The number of carbonyl (C=O) groups is 1. The lowest BCUT2D eigenvalue weighted by molar-refractivity contribution is 0.0599. The minimum absolute atomic E-state index is 0.158. The molecule has 3 heterocycles. The van der Waals surface area contributed by atoms with E-state index in [0.717, 1.165) is 30.5 Å². The fourth-order valence-electron chi connectivity index (χ4n) is 4.06. The van der Waals surface area contributed by atoms with Gasteiger partial charge in [0, 0.05) is 44.3 Å². The van der Waals surface area contributed by atoms with Gasteiger partial charge in [0.1, 0.15) is 11.6 Å². The highest BCUT2D eigenvalue weighted by Crippen LogP contribution is 2.26. The van der Waals surface area contributed by atoms with Gasteiger partial charge in [-0.3, -0.25) is 14.7 Å². The Hall–Kier alpha value is -3.51. The van der Waals surface area contributed by atoms with E-state index in [4.69, 9.17) is 4.42 Å². The Balaban J connectivity index is 1.24. The van der Waals surface area contributed by atoms with Crippen molar-refractivity contribution in [2.45, 2.75) is 6.54 Å². The van der Waals surface area contributed by atoms with Crippen molar-refractivity contribution in [3.63, 3.8) is 0 Å². The van der Waals surface area contributed by atoms with Gasteiger partial charge in [0.2, 0.25) is 0 Å². The highest BCUT2D eigenvalue weighted by Gasteiger charge is 2.25. The molecule has 0 radical (unpaired) electrons. The van der Waals surface area contributed by atoms with Crippen molar-refractivity contribution in [3.05, 3.63) is 90.1 Å². The zero-order chi connectivity index (χ0) is 21.2. The summed E-state index contributed by atoms with van der Waals surface area (Å²) in [6, 6.07) is 19.9. The number of hydrogen-bond donors (Lipinski definition) is 0. The van der Waals surface area contributed by atoms with Gasteiger partial charge in [0.15, 0.2) is 5.76 Å². The second kappa shape index (κ2) is 8.32. The Morgan fingerprint density at radius 3 is 2.58 bits per heavy atom. The Morgan fingerprint density at radius 1 is 0.935 bits per heavy atom. The van der Waals surface area contributed by atoms with E-state index in [2.05, 4.69) is 34.1 Å². The second-order valence-corrected chi connectivity index (χ2v) is 7.70. The van der Waals surface area contributed by atoms with Crippen LogP contribution in [0.3, 0.4) is 0 Å². The van der Waals surface area contributed by atoms with Gasteiger partial charge in [-0.2, -0.15) is 0 Å². The summed E-state index contributed by atoms with van der Waals surface area (Å²) in [5.74, 6) is 0.0787. The molecule has 1 fully saturated rings. The minimum Gasteiger partial charge on any atom is -0.451 e. The molecule has 31 heavy (non-hydrogen) atoms. The smallest absolute Gasteiger partial charge is 0.289 e. The maximum atomic E-state index is 14.0. The van der Waals surface area contributed by atoms with Gasteiger partial charge in [0.25, 0.3) is 5.91 Å². The van der Waals surface area contributed by atoms with Crippen molar-refractivity contribution >= 4 is 16.8 Å². The van der Waals surface area contributed by atoms with E-state index in [1.807, 2.05) is 12.3 Å². The molecule has 0 saturated carbocycles. The Kier molecular flexibility index (Phi) is 5.22. The molecule has 1 aliphatic rings. The van der Waals surface area contributed by atoms with Crippen LogP contribution in [0.25, 0.3) is 22.2 Å². The fourth-order valence-corrected chi connectivity index (χ4v) is 4.06. The molecule has 156 valence electrons. The predicted octanol–water partition coefficient (Wildman–Crippen LogP) is 4.59. The lowest BCUT2D eigenvalue weighted by Gasteiger charge is -2.34. The molecule has 0 bridgehead atoms. The molecule has 6 heteroatoms. The van der Waals surface area contributed by atoms with Crippen LogP contribution in [0.15, 0.2) is 77.3 Å². The monoisotopic (exact) mass is 415 g/mol. The number of para-hydroxylation sites is 1. The standard InChI is InChI=1S/C25H22FN3O2/c26-21-9-2-1-8-20(21)22-10-11-23(31-22)25(30)29-15-13-28(14-16-29)17-19-6-3-5-18-7-4-12-27-24(18)19/h1-12H,13-17H2. The zero-order valence-corrected chi connectivity index (χ0v) is 17.0. The number of nitrogens with zero attached hydrogens (tertiary/aromatic N) is 3. The van der Waals surface area contributed by atoms with Crippen LogP contribution in [-0.4, -0.2) is 46.9 Å². The van der Waals surface area contributed by atoms with Gasteiger partial charge in [0.05, 0.1) is 11.1 Å². The second-order valence-electron chi connectivity index (χ2n) is 7.70. The van der Waals surface area contributed by atoms with Crippen molar-refractivity contribution in [2.75, 3.05) is 26.2 Å². The fraction of sp³-hybridized carbons (Fsp3) is 0.200. The van der Waals surface area contributed by atoms with Crippen LogP contribution < -0.4 is 0 Å². The van der Waals surface area contributed by atoms with Crippen molar-refractivity contribution in [2.24, 2.45) is 0 Å². The van der Waals surface area contributed by atoms with Gasteiger partial charge in [-0.05, 0) is 35.9 Å². The normalized spacial score (nSPS) is 14.8. The third-order valence-corrected chi connectivity index (χ3v) is 5.73. The first kappa shape index (κ1) is 19.5. The third kappa shape index (κ3) is 3.94. The number of pyridine rings is 1. The number of carbonyl (C=O) groups excluding carboxylic acids is 1. The average molecular weight is 415 g/mol. The molecule has 0 spiro atoms. The third-order valence-electron chi connectivity index (χ3n) is 5.73. The largest absolute Gasteiger partial charge is 0.451 e. The Labute approximate surface area is 179 Å². The van der Waals surface area contributed by atoms with Crippen LogP contribution >= 0.6 is 0 Å². The topological polar surface area (TPSA) is 49.6 Å². The summed E-state index contributed by atoms with van der Waals surface area (Å²) in [7, 11) is 0. The highest BCUT2D eigenvalue weighted by atomic mass is 19.1. The molecular formula is C25H22FN3O2. The minimum atomic E-state index is -0.368. The molecule has 1 saturated heterocycles. The molecule has 2 aromatic heterocycles. The van der Waals surface area contributed by atoms with Gasteiger partial charge in [-0.1, -0.05) is 36.4 Å². The van der Waals surface area contributed by atoms with Gasteiger partial charge >= 0.3 is 0 Å². The van der Waals surface area contributed by atoms with Crippen LogP contribution in [-0.2, 0) is 6.54 Å². The molecule has 0 N–H and O–H groups in total. The lowest BCUT2D eigenvalue weighted by atomic mass is 10.1. The SMILES string of the molecule is O=C(c1ccc(-c2ccccc2F)o1)N1CCN(Cc2cccc3cccnc23)CC1. The van der Waals surface area contributed by atoms with Gasteiger partial charge < -0.3 is 9.32 Å². The maximum Gasteiger partial charge on any atom is 0.289 e. The summed E-state index contributed by atoms with van der Waals surface area (Å²) >= 11 is 0. The quantitative estimate of drug-likeness (QED) is 0.489. The zero-order valence-electron chi connectivity index (χ0n) is 17.0. The molecule has 2 aromatic carbocycles. The summed E-state index contributed by atoms with van der Waals surface area (Å²) in [4.78, 5) is 21.5. The highest BCUT2D eigenvalue weighted by molar-refractivity contribution is 5.92. The molecule has 4 aromatic rings. The number of furan rings is 1. The average Bonchev–Trinajstić information content (AvgIpc) is 3.30. The van der Waals surface area contributed by atoms with Crippen molar-refractivity contribution in [1.29, 1.82) is 0 Å². The van der Waals surface area contributed by atoms with Crippen molar-refractivity contribution in [3.8, 4) is 11.3 Å². The summed E-state index contributed by atoms with van der Waals surface area (Å²) in [6.45, 7) is 3.58. The first-order chi connectivity index (χ1) is 15.2. The first-order valence-electron chi connectivity index (χ1n) is 10.4. The van der Waals surface area contributed by atoms with Crippen LogP contribution in [0.1, 0.15) is 16.1 Å². The van der Waals surface area contributed by atoms with E-state index in [9.17, 15) is 9.18 Å². The summed E-state index contributed by atoms with van der Waals surface area (Å²) in [5.41, 5.74) is 2.58. The Morgan fingerprint density at radius 2 is 1.74 bits per heavy atom. The number of amides is 1. The molecular weight excluding hydrogens is 393 g/mol. The van der Waals surface area contributed by atoms with Crippen LogP contribution in [0, 0.1) is 5.82 Å². The predicted molar refractivity (Wildman–Crippen MR) is 117 cm³/mol. The van der Waals surface area contributed by atoms with E-state index >= 15 is 0 Å². The molecule has 0 unspecified atom stereocenters. The van der Waals surface area contributed by atoms with E-state index < -0.39 is 0 Å². The van der Waals surface area contributed by atoms with Crippen LogP contribution in [0.5, 0.6) is 0 Å². The summed E-state index contributed by atoms with van der Waals surface area (Å²) in [5, 5.41) is 1.14. The number of fused-ring (bicyclic) bond motifs is 1. The van der Waals surface area contributed by atoms with E-state index in [0.29, 0.717) is 24.4 Å². The molecule has 5 nitrogen and oxygen atoms in total. The molecule has 0 atom stereocenters. The van der Waals surface area contributed by atoms with E-state index in [1.165, 1.54) is 11.6 Å². The molecule has 0 aliphatic carbocycles. The number of halogens is 1. The van der Waals surface area contributed by atoms with Gasteiger partial charge in [-0.15, -0.1) is 0 Å². The number of piperazine rings is 1. The number of rotatable bonds is 4. The number of benzene rings is 2. The molecule has 5 rings (SSSR count). The summed E-state index contributed by atoms with van der Waals surface area (Å²) < 4.78 is 19.7. The maximum absolute atomic E-state index is 14.0. The Bertz CT molecular complexity index is 1220. The number of aromatic nitrogens is 1. The molecule has 1 amide bonds. The van der Waals surface area contributed by atoms with Crippen molar-refractivity contribution < 1.29 is 13.6 Å². The van der Waals surface area contributed by atoms with Crippen LogP contribution in [0.2, 0.25) is 0 Å². The number of hydrogen-bond acceptors (Lipinski definition) is 4. The van der Waals surface area contributed by atoms with E-state index in [1.54, 1.807) is 35.2 Å². The van der Waals surface area contributed by atoms with E-state index in [-0.39, 0.29) is 17.5 Å². The summed E-state index contributed by atoms with van der Waals surface area (Å²) in [6.07, 6.45) is 1.82.